The second kappa shape index (κ2) is 6.87. The van der Waals surface area contributed by atoms with Crippen molar-refractivity contribution in [1.29, 1.82) is 0 Å². The molecule has 0 saturated carbocycles. The highest BCUT2D eigenvalue weighted by atomic mass is 16.2. The Hall–Kier alpha value is -3.74. The molecule has 1 N–H and O–H groups in total. The summed E-state index contributed by atoms with van der Waals surface area (Å²) < 4.78 is 1.80. The Balaban J connectivity index is 1.76. The van der Waals surface area contributed by atoms with Gasteiger partial charge in [-0.05, 0) is 18.6 Å². The number of para-hydroxylation sites is 1. The highest BCUT2D eigenvalue weighted by Gasteiger charge is 2.26. The summed E-state index contributed by atoms with van der Waals surface area (Å²) >= 11 is 0. The van der Waals surface area contributed by atoms with Gasteiger partial charge in [-0.1, -0.05) is 48.5 Å². The number of benzene rings is 2. The van der Waals surface area contributed by atoms with E-state index in [2.05, 4.69) is 10.4 Å². The normalized spacial score (nSPS) is 14.2. The van der Waals surface area contributed by atoms with Crippen LogP contribution in [-0.4, -0.2) is 39.5 Å². The number of carbonyl (C=O) groups excluding carboxylic acids is 2. The van der Waals surface area contributed by atoms with Crippen molar-refractivity contribution < 1.29 is 9.59 Å². The zero-order valence-electron chi connectivity index (χ0n) is 14.7. The lowest BCUT2D eigenvalue weighted by Crippen LogP contribution is -2.24. The fourth-order valence-electron chi connectivity index (χ4n) is 2.90. The van der Waals surface area contributed by atoms with Gasteiger partial charge in [-0.3, -0.25) is 10.1 Å². The van der Waals surface area contributed by atoms with Gasteiger partial charge in [0.05, 0.1) is 11.9 Å². The van der Waals surface area contributed by atoms with Crippen molar-refractivity contribution in [3.05, 3.63) is 71.9 Å². The fraction of sp³-hybridized carbons (Fsp3) is 0.100. The first-order valence-electron chi connectivity index (χ1n) is 8.48. The summed E-state index contributed by atoms with van der Waals surface area (Å²) in [7, 11) is 0. The van der Waals surface area contributed by atoms with E-state index < -0.39 is 6.03 Å². The van der Waals surface area contributed by atoms with Gasteiger partial charge in [0.2, 0.25) is 5.91 Å². The van der Waals surface area contributed by atoms with Crippen molar-refractivity contribution in [1.82, 2.24) is 20.1 Å². The third-order valence-corrected chi connectivity index (χ3v) is 4.26. The largest absolute Gasteiger partial charge is 0.344 e. The van der Waals surface area contributed by atoms with E-state index in [9.17, 15) is 9.59 Å². The van der Waals surface area contributed by atoms with Crippen LogP contribution in [0.5, 0.6) is 0 Å². The Morgan fingerprint density at radius 3 is 2.52 bits per heavy atom. The fourth-order valence-corrected chi connectivity index (χ4v) is 2.90. The molecule has 7 nitrogen and oxygen atoms in total. The average Bonchev–Trinajstić information content (AvgIpc) is 3.23. The van der Waals surface area contributed by atoms with Crippen LogP contribution in [0.4, 0.5) is 4.79 Å². The SMILES string of the molecule is Cc1ccccc1-n1cc(/C=N\N2CC(=O)NC2=O)c(-c2ccccc2)n1. The third kappa shape index (κ3) is 3.35. The lowest BCUT2D eigenvalue weighted by atomic mass is 10.1. The molecule has 0 unspecified atom stereocenters. The van der Waals surface area contributed by atoms with Crippen molar-refractivity contribution in [3.8, 4) is 16.9 Å². The number of aryl methyl sites for hydroxylation is 1. The van der Waals surface area contributed by atoms with Gasteiger partial charge in [0, 0.05) is 17.3 Å². The molecule has 27 heavy (non-hydrogen) atoms. The first-order valence-corrected chi connectivity index (χ1v) is 8.48. The van der Waals surface area contributed by atoms with Crippen LogP contribution in [0.15, 0.2) is 65.9 Å². The maximum atomic E-state index is 11.7. The number of urea groups is 1. The molecule has 2 heterocycles. The van der Waals surface area contributed by atoms with E-state index >= 15 is 0 Å². The maximum absolute atomic E-state index is 11.7. The van der Waals surface area contributed by atoms with Gasteiger partial charge in [-0.2, -0.15) is 10.2 Å². The van der Waals surface area contributed by atoms with Gasteiger partial charge >= 0.3 is 6.03 Å². The zero-order valence-corrected chi connectivity index (χ0v) is 14.7. The van der Waals surface area contributed by atoms with Crippen LogP contribution in [0.1, 0.15) is 11.1 Å². The number of hydrogen-bond acceptors (Lipinski definition) is 4. The summed E-state index contributed by atoms with van der Waals surface area (Å²) in [5, 5.41) is 12.2. The van der Waals surface area contributed by atoms with Crippen molar-refractivity contribution in [2.75, 3.05) is 6.54 Å². The Kier molecular flexibility index (Phi) is 4.25. The number of nitrogens with one attached hydrogen (secondary N) is 1. The van der Waals surface area contributed by atoms with Crippen molar-refractivity contribution >= 4 is 18.2 Å². The first-order chi connectivity index (χ1) is 13.1. The smallest absolute Gasteiger partial charge is 0.275 e. The highest BCUT2D eigenvalue weighted by molar-refractivity contribution is 6.02. The lowest BCUT2D eigenvalue weighted by Gasteiger charge is -2.04. The molecule has 134 valence electrons. The van der Waals surface area contributed by atoms with Crippen molar-refractivity contribution in [3.63, 3.8) is 0 Å². The molecule has 7 heteroatoms. The second-order valence-electron chi connectivity index (χ2n) is 6.19. The first kappa shape index (κ1) is 16.7. The molecule has 0 atom stereocenters. The molecule has 0 bridgehead atoms. The quantitative estimate of drug-likeness (QED) is 0.575. The van der Waals surface area contributed by atoms with Gasteiger partial charge in [0.25, 0.3) is 0 Å². The third-order valence-electron chi connectivity index (χ3n) is 4.26. The number of imide groups is 1. The Morgan fingerprint density at radius 2 is 1.81 bits per heavy atom. The van der Waals surface area contributed by atoms with E-state index in [4.69, 9.17) is 5.10 Å². The van der Waals surface area contributed by atoms with E-state index in [1.165, 1.54) is 0 Å². The van der Waals surface area contributed by atoms with Gasteiger partial charge in [-0.25, -0.2) is 14.5 Å². The molecule has 1 aliphatic rings. The van der Waals surface area contributed by atoms with Crippen molar-refractivity contribution in [2.24, 2.45) is 5.10 Å². The van der Waals surface area contributed by atoms with Crippen LogP contribution in [0.25, 0.3) is 16.9 Å². The average molecular weight is 359 g/mol. The Bertz CT molecular complexity index is 1040. The van der Waals surface area contributed by atoms with Crippen LogP contribution in [-0.2, 0) is 4.79 Å². The molecule has 3 amide bonds. The summed E-state index contributed by atoms with van der Waals surface area (Å²) in [5.41, 5.74) is 4.48. The number of hydrogen-bond donors (Lipinski definition) is 1. The number of amides is 3. The molecule has 1 aromatic heterocycles. The molecular weight excluding hydrogens is 342 g/mol. The number of hydrazone groups is 1. The Labute approximate surface area is 155 Å². The molecular formula is C20H17N5O2. The second-order valence-corrected chi connectivity index (χ2v) is 6.19. The highest BCUT2D eigenvalue weighted by Crippen LogP contribution is 2.23. The van der Waals surface area contributed by atoms with E-state index in [0.717, 1.165) is 33.1 Å². The molecule has 0 spiro atoms. The number of nitrogens with zero attached hydrogens (tertiary/aromatic N) is 4. The summed E-state index contributed by atoms with van der Waals surface area (Å²) in [6.07, 6.45) is 3.42. The molecule has 4 rings (SSSR count). The van der Waals surface area contributed by atoms with Gasteiger partial charge in [0.15, 0.2) is 0 Å². The molecule has 0 radical (unpaired) electrons. The summed E-state index contributed by atoms with van der Waals surface area (Å²) in [4.78, 5) is 23.0. The molecule has 3 aromatic rings. The van der Waals surface area contributed by atoms with Crippen LogP contribution in [0.2, 0.25) is 0 Å². The number of aromatic nitrogens is 2. The van der Waals surface area contributed by atoms with Crippen LogP contribution >= 0.6 is 0 Å². The molecule has 1 fully saturated rings. The molecule has 0 aliphatic carbocycles. The van der Waals surface area contributed by atoms with Crippen LogP contribution < -0.4 is 5.32 Å². The zero-order chi connectivity index (χ0) is 18.8. The summed E-state index contributed by atoms with van der Waals surface area (Å²) in [6.45, 7) is 1.94. The van der Waals surface area contributed by atoms with Crippen molar-refractivity contribution in [2.45, 2.75) is 6.92 Å². The van der Waals surface area contributed by atoms with Gasteiger partial charge in [0.1, 0.15) is 12.2 Å². The maximum Gasteiger partial charge on any atom is 0.344 e. The molecule has 2 aromatic carbocycles. The van der Waals surface area contributed by atoms with E-state index in [1.807, 2.05) is 67.7 Å². The minimum Gasteiger partial charge on any atom is -0.275 e. The number of rotatable bonds is 4. The monoisotopic (exact) mass is 359 g/mol. The topological polar surface area (TPSA) is 79.6 Å². The van der Waals surface area contributed by atoms with E-state index in [0.29, 0.717) is 0 Å². The lowest BCUT2D eigenvalue weighted by molar-refractivity contribution is -0.118. The molecule has 1 saturated heterocycles. The van der Waals surface area contributed by atoms with E-state index in [-0.39, 0.29) is 12.5 Å². The minimum absolute atomic E-state index is 0.0814. The molecule has 1 aliphatic heterocycles. The predicted octanol–water partition coefficient (Wildman–Crippen LogP) is 2.73. The van der Waals surface area contributed by atoms with Crippen LogP contribution in [0, 0.1) is 6.92 Å². The van der Waals surface area contributed by atoms with E-state index in [1.54, 1.807) is 10.9 Å². The van der Waals surface area contributed by atoms with Gasteiger partial charge < -0.3 is 0 Å². The van der Waals surface area contributed by atoms with Gasteiger partial charge in [-0.15, -0.1) is 0 Å². The Morgan fingerprint density at radius 1 is 1.07 bits per heavy atom. The minimum atomic E-state index is -0.524. The predicted molar refractivity (Wildman–Crippen MR) is 102 cm³/mol. The summed E-state index contributed by atoms with van der Waals surface area (Å²) in [5.74, 6) is -0.365. The van der Waals surface area contributed by atoms with Crippen LogP contribution in [0.3, 0.4) is 0 Å². The standard InChI is InChI=1S/C20H17N5O2/c1-14-7-5-6-10-17(14)24-12-16(11-21-25-13-18(26)22-20(25)27)19(23-24)15-8-3-2-4-9-15/h2-12H,13H2,1H3,(H,22,26,27)/b21-11-. The summed E-state index contributed by atoms with van der Waals surface area (Å²) in [6, 6.07) is 17.2. The number of carbonyl (C=O) groups is 2.